The minimum atomic E-state index is -5.01. The van der Waals surface area contributed by atoms with Gasteiger partial charge in [0.2, 0.25) is 0 Å². The largest absolute Gasteiger partial charge is 0.471 e. The number of amides is 2. The molecule has 19 heavy (non-hydrogen) atoms. The van der Waals surface area contributed by atoms with E-state index < -0.39 is 18.0 Å². The van der Waals surface area contributed by atoms with E-state index in [1.165, 1.54) is 0 Å². The Labute approximate surface area is 105 Å². The van der Waals surface area contributed by atoms with Gasteiger partial charge in [0.05, 0.1) is 12.1 Å². The smallest absolute Gasteiger partial charge is 0.304 e. The van der Waals surface area contributed by atoms with Crippen molar-refractivity contribution in [1.82, 2.24) is 5.32 Å². The number of hydrogen-bond donors (Lipinski definition) is 1. The number of anilines is 1. The Morgan fingerprint density at radius 2 is 1.89 bits per heavy atom. The van der Waals surface area contributed by atoms with Crippen molar-refractivity contribution in [3.63, 3.8) is 0 Å². The highest BCUT2D eigenvalue weighted by Crippen LogP contribution is 2.20. The number of hydrazone groups is 1. The average Bonchev–Trinajstić information content (AvgIpc) is 2.70. The van der Waals surface area contributed by atoms with Gasteiger partial charge in [-0.15, -0.1) is 0 Å². The third-order valence-electron chi connectivity index (χ3n) is 2.29. The molecule has 0 spiro atoms. The van der Waals surface area contributed by atoms with Crippen LogP contribution in [0.2, 0.25) is 0 Å². The number of para-hydroxylation sites is 1. The lowest BCUT2D eigenvalue weighted by Crippen LogP contribution is -2.40. The zero-order valence-electron chi connectivity index (χ0n) is 9.44. The van der Waals surface area contributed by atoms with Crippen LogP contribution in [0, 0.1) is 0 Å². The van der Waals surface area contributed by atoms with Gasteiger partial charge in [0.1, 0.15) is 5.84 Å². The van der Waals surface area contributed by atoms with Crippen LogP contribution in [0.25, 0.3) is 0 Å². The first-order valence-corrected chi connectivity index (χ1v) is 5.21. The summed E-state index contributed by atoms with van der Waals surface area (Å²) in [6, 6.07) is 8.20. The first kappa shape index (κ1) is 13.1. The molecule has 0 aromatic heterocycles. The van der Waals surface area contributed by atoms with Gasteiger partial charge in [-0.25, -0.2) is 0 Å². The van der Waals surface area contributed by atoms with E-state index in [9.17, 15) is 22.8 Å². The second-order valence-corrected chi connectivity index (χ2v) is 3.72. The Morgan fingerprint density at radius 3 is 2.47 bits per heavy atom. The van der Waals surface area contributed by atoms with Gasteiger partial charge >= 0.3 is 12.1 Å². The third-order valence-corrected chi connectivity index (χ3v) is 2.29. The molecule has 0 radical (unpaired) electrons. The van der Waals surface area contributed by atoms with E-state index in [-0.39, 0.29) is 12.3 Å². The van der Waals surface area contributed by atoms with Gasteiger partial charge in [0.15, 0.2) is 0 Å². The molecule has 1 heterocycles. The van der Waals surface area contributed by atoms with E-state index in [0.717, 1.165) is 5.01 Å². The van der Waals surface area contributed by atoms with Crippen molar-refractivity contribution < 1.29 is 22.8 Å². The molecule has 0 aliphatic carbocycles. The van der Waals surface area contributed by atoms with Crippen LogP contribution in [0.15, 0.2) is 35.4 Å². The normalized spacial score (nSPS) is 15.4. The highest BCUT2D eigenvalue weighted by molar-refractivity contribution is 6.16. The lowest BCUT2D eigenvalue weighted by molar-refractivity contribution is -0.171. The number of carbonyl (C=O) groups is 2. The number of benzene rings is 1. The quantitative estimate of drug-likeness (QED) is 0.839. The standard InChI is InChI=1S/C11H8F3N3O2/c12-11(13,14)10(19)15-8-6-9(18)17(16-8)7-4-2-1-3-5-7/h1-5H,6H2,(H,15,16,19). The molecule has 1 aliphatic heterocycles. The monoisotopic (exact) mass is 271 g/mol. The molecule has 0 bridgehead atoms. The minimum Gasteiger partial charge on any atom is -0.304 e. The summed E-state index contributed by atoms with van der Waals surface area (Å²) >= 11 is 0. The SMILES string of the molecule is O=C1CC(NC(=O)C(F)(F)F)=NN1c1ccccc1. The fourth-order valence-corrected chi connectivity index (χ4v) is 1.47. The molecule has 8 heteroatoms. The average molecular weight is 271 g/mol. The lowest BCUT2D eigenvalue weighted by Gasteiger charge is -2.10. The van der Waals surface area contributed by atoms with Crippen LogP contribution >= 0.6 is 0 Å². The Hall–Kier alpha value is -2.38. The lowest BCUT2D eigenvalue weighted by atomic mass is 10.3. The first-order valence-electron chi connectivity index (χ1n) is 5.21. The summed E-state index contributed by atoms with van der Waals surface area (Å²) in [4.78, 5) is 22.3. The Balaban J connectivity index is 2.14. The van der Waals surface area contributed by atoms with E-state index in [0.29, 0.717) is 5.69 Å². The molecule has 1 aromatic carbocycles. The number of carbonyl (C=O) groups excluding carboxylic acids is 2. The Bertz CT molecular complexity index is 540. The van der Waals surface area contributed by atoms with Crippen molar-refractivity contribution in [3.05, 3.63) is 30.3 Å². The van der Waals surface area contributed by atoms with Crippen LogP contribution in [-0.4, -0.2) is 23.8 Å². The third kappa shape index (κ3) is 2.90. The van der Waals surface area contributed by atoms with Crippen LogP contribution in [0.5, 0.6) is 0 Å². The molecule has 0 saturated carbocycles. The van der Waals surface area contributed by atoms with E-state index >= 15 is 0 Å². The molecule has 2 rings (SSSR count). The van der Waals surface area contributed by atoms with Crippen molar-refractivity contribution >= 4 is 23.3 Å². The van der Waals surface area contributed by atoms with Gasteiger partial charge in [-0.1, -0.05) is 18.2 Å². The maximum Gasteiger partial charge on any atom is 0.471 e. The molecule has 0 saturated heterocycles. The fraction of sp³-hybridized carbons (Fsp3) is 0.182. The molecule has 1 N–H and O–H groups in total. The number of nitrogens with one attached hydrogen (secondary N) is 1. The maximum atomic E-state index is 12.1. The van der Waals surface area contributed by atoms with Crippen molar-refractivity contribution in [3.8, 4) is 0 Å². The van der Waals surface area contributed by atoms with Gasteiger partial charge < -0.3 is 5.32 Å². The number of amidine groups is 1. The highest BCUT2D eigenvalue weighted by Gasteiger charge is 2.40. The molecule has 5 nitrogen and oxygen atoms in total. The molecular weight excluding hydrogens is 263 g/mol. The fourth-order valence-electron chi connectivity index (χ4n) is 1.47. The molecule has 1 aromatic rings. The van der Waals surface area contributed by atoms with Crippen LogP contribution in [0.1, 0.15) is 6.42 Å². The minimum absolute atomic E-state index is 0.323. The van der Waals surface area contributed by atoms with Crippen molar-refractivity contribution in [2.45, 2.75) is 12.6 Å². The Kier molecular flexibility index (Phi) is 3.24. The van der Waals surface area contributed by atoms with E-state index in [1.807, 2.05) is 0 Å². The van der Waals surface area contributed by atoms with E-state index in [2.05, 4.69) is 5.10 Å². The molecule has 2 amide bonds. The summed E-state index contributed by atoms with van der Waals surface area (Å²) < 4.78 is 36.2. The molecule has 100 valence electrons. The topological polar surface area (TPSA) is 61.8 Å². The van der Waals surface area contributed by atoms with Crippen LogP contribution < -0.4 is 10.3 Å². The number of halogens is 3. The zero-order valence-corrected chi connectivity index (χ0v) is 9.44. The van der Waals surface area contributed by atoms with Gasteiger partial charge in [0, 0.05) is 0 Å². The van der Waals surface area contributed by atoms with Gasteiger partial charge in [0.25, 0.3) is 5.91 Å². The zero-order chi connectivity index (χ0) is 14.0. The number of nitrogens with zero attached hydrogens (tertiary/aromatic N) is 2. The van der Waals surface area contributed by atoms with Gasteiger partial charge in [-0.3, -0.25) is 9.59 Å². The number of hydrogen-bond acceptors (Lipinski definition) is 3. The van der Waals surface area contributed by atoms with E-state index in [1.54, 1.807) is 35.6 Å². The second kappa shape index (κ2) is 4.71. The molecule has 1 aliphatic rings. The predicted octanol–water partition coefficient (Wildman–Crippen LogP) is 1.42. The van der Waals surface area contributed by atoms with Crippen molar-refractivity contribution in [1.29, 1.82) is 0 Å². The molecule has 0 fully saturated rings. The number of rotatable bonds is 1. The van der Waals surface area contributed by atoms with Crippen LogP contribution in [0.4, 0.5) is 18.9 Å². The van der Waals surface area contributed by atoms with Gasteiger partial charge in [-0.05, 0) is 12.1 Å². The number of alkyl halides is 3. The second-order valence-electron chi connectivity index (χ2n) is 3.72. The first-order chi connectivity index (χ1) is 8.88. The van der Waals surface area contributed by atoms with Crippen molar-refractivity contribution in [2.24, 2.45) is 5.10 Å². The maximum absolute atomic E-state index is 12.1. The highest BCUT2D eigenvalue weighted by atomic mass is 19.4. The van der Waals surface area contributed by atoms with Gasteiger partial charge in [-0.2, -0.15) is 23.3 Å². The summed E-state index contributed by atoms with van der Waals surface area (Å²) in [5, 5.41) is 6.18. The summed E-state index contributed by atoms with van der Waals surface area (Å²) in [6.45, 7) is 0. The molecule has 0 unspecified atom stereocenters. The summed E-state index contributed by atoms with van der Waals surface area (Å²) in [5.74, 6) is -2.98. The van der Waals surface area contributed by atoms with Crippen molar-refractivity contribution in [2.75, 3.05) is 5.01 Å². The summed E-state index contributed by atoms with van der Waals surface area (Å²) in [5.41, 5.74) is 0.420. The Morgan fingerprint density at radius 1 is 1.26 bits per heavy atom. The van der Waals surface area contributed by atoms with Crippen LogP contribution in [-0.2, 0) is 9.59 Å². The summed E-state index contributed by atoms with van der Waals surface area (Å²) in [7, 11) is 0. The molecule has 0 atom stereocenters. The summed E-state index contributed by atoms with van der Waals surface area (Å²) in [6.07, 6.45) is -5.39. The van der Waals surface area contributed by atoms with E-state index in [4.69, 9.17) is 0 Å². The predicted molar refractivity (Wildman–Crippen MR) is 60.2 cm³/mol. The molecular formula is C11H8F3N3O2. The van der Waals surface area contributed by atoms with Crippen LogP contribution in [0.3, 0.4) is 0 Å².